The van der Waals surface area contributed by atoms with Gasteiger partial charge in [0.05, 0.1) is 13.2 Å². The number of benzene rings is 1. The maximum Gasteiger partial charge on any atom is 0.180 e. The first-order valence-corrected chi connectivity index (χ1v) is 8.84. The highest BCUT2D eigenvalue weighted by Crippen LogP contribution is 2.04. The van der Waals surface area contributed by atoms with Crippen molar-refractivity contribution >= 4 is 34.8 Å². The van der Waals surface area contributed by atoms with Gasteiger partial charge in [0.1, 0.15) is 0 Å². The molecule has 0 spiro atoms. The van der Waals surface area contributed by atoms with Crippen molar-refractivity contribution in [3.8, 4) is 0 Å². The predicted molar refractivity (Wildman–Crippen MR) is 101 cm³/mol. The Labute approximate surface area is 151 Å². The minimum atomic E-state index is -0.750. The molecule has 2 N–H and O–H groups in total. The van der Waals surface area contributed by atoms with Crippen LogP contribution in [0.4, 0.5) is 0 Å². The van der Waals surface area contributed by atoms with Crippen molar-refractivity contribution in [1.29, 1.82) is 0 Å². The molecule has 132 valence electrons. The van der Waals surface area contributed by atoms with Gasteiger partial charge in [0, 0.05) is 0 Å². The lowest BCUT2D eigenvalue weighted by Crippen LogP contribution is -1.85. The first-order valence-electron chi connectivity index (χ1n) is 7.53. The van der Waals surface area contributed by atoms with Crippen LogP contribution in [-0.4, -0.2) is 27.7 Å². The van der Waals surface area contributed by atoms with Gasteiger partial charge in [-0.05, 0) is 25.0 Å². The van der Waals surface area contributed by atoms with Gasteiger partial charge in [0.15, 0.2) is 4.30 Å². The first-order chi connectivity index (χ1) is 10.4. The highest BCUT2D eigenvalue weighted by atomic mass is 35.6. The van der Waals surface area contributed by atoms with Crippen LogP contribution in [0.1, 0.15) is 50.7 Å². The largest absolute Gasteiger partial charge is 0.394 e. The molecule has 0 aliphatic rings. The molecule has 0 radical (unpaired) electrons. The number of unbranched alkanes of at least 4 members (excludes halogenated alkanes) is 3. The van der Waals surface area contributed by atoms with E-state index in [1.165, 1.54) is 36.8 Å². The molecule has 0 heterocycles. The molecular weight excluding hydrogens is 343 g/mol. The van der Waals surface area contributed by atoms with E-state index in [2.05, 4.69) is 52.0 Å². The number of rotatable bonds is 4. The van der Waals surface area contributed by atoms with Gasteiger partial charge in [-0.2, -0.15) is 0 Å². The summed E-state index contributed by atoms with van der Waals surface area (Å²) in [7, 11) is 0. The summed E-state index contributed by atoms with van der Waals surface area (Å²) >= 11 is 14.4. The van der Waals surface area contributed by atoms with Crippen LogP contribution in [0.5, 0.6) is 0 Å². The molecule has 0 atom stereocenters. The smallest absolute Gasteiger partial charge is 0.180 e. The van der Waals surface area contributed by atoms with Gasteiger partial charge in [-0.25, -0.2) is 0 Å². The van der Waals surface area contributed by atoms with E-state index in [1.807, 2.05) is 0 Å². The summed E-state index contributed by atoms with van der Waals surface area (Å²) in [6.45, 7) is 8.45. The van der Waals surface area contributed by atoms with E-state index in [9.17, 15) is 0 Å². The highest BCUT2D eigenvalue weighted by Gasteiger charge is 1.83. The van der Waals surface area contributed by atoms with Gasteiger partial charge in [0.2, 0.25) is 0 Å². The van der Waals surface area contributed by atoms with E-state index in [1.54, 1.807) is 0 Å². The molecule has 0 unspecified atom stereocenters. The summed E-state index contributed by atoms with van der Waals surface area (Å²) in [5.41, 5.74) is 2.74. The summed E-state index contributed by atoms with van der Waals surface area (Å²) in [6, 6.07) is 8.36. The molecule has 1 aromatic carbocycles. The SMILES string of the molecule is CCCCCC.Cc1ccccc1C.ClC(Cl)Cl.OCCO. The number of hydrogen-bond acceptors (Lipinski definition) is 2. The number of aliphatic hydroxyl groups excluding tert-OH is 2. The Balaban J connectivity index is -0.000000231. The monoisotopic (exact) mass is 372 g/mol. The van der Waals surface area contributed by atoms with Gasteiger partial charge in [-0.15, -0.1) is 0 Å². The number of aliphatic hydroxyl groups is 2. The zero-order chi connectivity index (χ0) is 17.8. The topological polar surface area (TPSA) is 40.5 Å². The molecular formula is C17H31Cl3O2. The second kappa shape index (κ2) is 23.3. The maximum atomic E-state index is 7.62. The van der Waals surface area contributed by atoms with Crippen LogP contribution in [0.15, 0.2) is 24.3 Å². The zero-order valence-electron chi connectivity index (χ0n) is 14.2. The zero-order valence-corrected chi connectivity index (χ0v) is 16.4. The van der Waals surface area contributed by atoms with Crippen molar-refractivity contribution in [3.63, 3.8) is 0 Å². The molecule has 0 bridgehead atoms. The standard InChI is InChI=1S/C8H10.C6H14.C2H6O2.CHCl3/c1-7-5-3-4-6-8(7)2;1-3-5-6-4-2;3-1-2-4;2-1(3)4/h3-6H,1-2H3;3-6H2,1-2H3;3-4H,1-2H2;1H. The average molecular weight is 374 g/mol. The molecule has 1 rings (SSSR count). The average Bonchev–Trinajstić information content (AvgIpc) is 2.48. The molecule has 1 aromatic rings. The fourth-order valence-corrected chi connectivity index (χ4v) is 1.16. The fourth-order valence-electron chi connectivity index (χ4n) is 1.16. The third-order valence-electron chi connectivity index (χ3n) is 2.48. The van der Waals surface area contributed by atoms with Gasteiger partial charge >= 0.3 is 0 Å². The van der Waals surface area contributed by atoms with Crippen LogP contribution in [0, 0.1) is 13.8 Å². The number of aryl methyl sites for hydroxylation is 2. The van der Waals surface area contributed by atoms with Crippen molar-refractivity contribution in [2.45, 2.75) is 57.7 Å². The predicted octanol–water partition coefficient (Wildman–Crippen LogP) is 5.85. The van der Waals surface area contributed by atoms with E-state index in [0.29, 0.717) is 0 Å². The summed E-state index contributed by atoms with van der Waals surface area (Å²) < 4.78 is -0.750. The number of alkyl halides is 3. The Bertz CT molecular complexity index is 278. The molecule has 0 saturated carbocycles. The minimum absolute atomic E-state index is 0.125. The third kappa shape index (κ3) is 32.1. The van der Waals surface area contributed by atoms with Gasteiger partial charge < -0.3 is 10.2 Å². The Kier molecular flexibility index (Phi) is 28.4. The molecule has 5 heteroatoms. The van der Waals surface area contributed by atoms with Crippen LogP contribution >= 0.6 is 34.8 Å². The number of hydrogen-bond donors (Lipinski definition) is 2. The summed E-state index contributed by atoms with van der Waals surface area (Å²) in [4.78, 5) is 0. The van der Waals surface area contributed by atoms with Gasteiger partial charge in [0.25, 0.3) is 0 Å². The van der Waals surface area contributed by atoms with Crippen LogP contribution in [-0.2, 0) is 0 Å². The Morgan fingerprint density at radius 2 is 1.09 bits per heavy atom. The van der Waals surface area contributed by atoms with Crippen molar-refractivity contribution in [2.24, 2.45) is 0 Å². The quantitative estimate of drug-likeness (QED) is 0.513. The number of halogens is 3. The Morgan fingerprint density at radius 1 is 0.818 bits per heavy atom. The van der Waals surface area contributed by atoms with Crippen LogP contribution in [0.3, 0.4) is 0 Å². The summed E-state index contributed by atoms with van der Waals surface area (Å²) in [6.07, 6.45) is 5.54. The van der Waals surface area contributed by atoms with Crippen molar-refractivity contribution < 1.29 is 10.2 Å². The van der Waals surface area contributed by atoms with E-state index in [-0.39, 0.29) is 13.2 Å². The Hall–Kier alpha value is 0.01000. The van der Waals surface area contributed by atoms with E-state index >= 15 is 0 Å². The summed E-state index contributed by atoms with van der Waals surface area (Å²) in [5.74, 6) is 0. The molecule has 22 heavy (non-hydrogen) atoms. The van der Waals surface area contributed by atoms with Crippen LogP contribution in [0.2, 0.25) is 0 Å². The van der Waals surface area contributed by atoms with E-state index in [4.69, 9.17) is 45.0 Å². The Morgan fingerprint density at radius 3 is 1.23 bits per heavy atom. The van der Waals surface area contributed by atoms with E-state index in [0.717, 1.165) is 0 Å². The fraction of sp³-hybridized carbons (Fsp3) is 0.647. The molecule has 0 aliphatic heterocycles. The first kappa shape index (κ1) is 26.9. The highest BCUT2D eigenvalue weighted by molar-refractivity contribution is 6.63. The second-order valence-electron chi connectivity index (χ2n) is 4.49. The lowest BCUT2D eigenvalue weighted by molar-refractivity contribution is 0.186. The van der Waals surface area contributed by atoms with Crippen LogP contribution in [0.25, 0.3) is 0 Å². The molecule has 0 amide bonds. The minimum Gasteiger partial charge on any atom is -0.394 e. The maximum absolute atomic E-state index is 7.62. The summed E-state index contributed by atoms with van der Waals surface area (Å²) in [5, 5.41) is 15.2. The third-order valence-corrected chi connectivity index (χ3v) is 2.48. The van der Waals surface area contributed by atoms with Crippen molar-refractivity contribution in [3.05, 3.63) is 35.4 Å². The van der Waals surface area contributed by atoms with Crippen molar-refractivity contribution in [1.82, 2.24) is 0 Å². The van der Waals surface area contributed by atoms with Gasteiger partial charge in [-0.1, -0.05) is 98.6 Å². The van der Waals surface area contributed by atoms with Gasteiger partial charge in [-0.3, -0.25) is 0 Å². The molecule has 0 fully saturated rings. The molecule has 0 aromatic heterocycles. The molecule has 0 saturated heterocycles. The lowest BCUT2D eigenvalue weighted by Gasteiger charge is -1.93. The van der Waals surface area contributed by atoms with Crippen LogP contribution < -0.4 is 0 Å². The lowest BCUT2D eigenvalue weighted by atomic mass is 10.1. The second-order valence-corrected chi connectivity index (χ2v) is 6.47. The van der Waals surface area contributed by atoms with Crippen molar-refractivity contribution in [2.75, 3.05) is 13.2 Å². The normalized spacial score (nSPS) is 8.82. The molecule has 2 nitrogen and oxygen atoms in total. The molecule has 0 aliphatic carbocycles. The van der Waals surface area contributed by atoms with E-state index < -0.39 is 4.30 Å².